The van der Waals surface area contributed by atoms with E-state index < -0.39 is 23.5 Å². The summed E-state index contributed by atoms with van der Waals surface area (Å²) in [5.41, 5.74) is 0.208. The fourth-order valence-electron chi connectivity index (χ4n) is 3.28. The average molecular weight is 378 g/mol. The third kappa shape index (κ3) is 2.77. The first-order valence-corrected chi connectivity index (χ1v) is 8.53. The quantitative estimate of drug-likeness (QED) is 0.426. The minimum atomic E-state index is -1.18. The zero-order chi connectivity index (χ0) is 19.8. The molecular formula is C21H15FN2O4. The van der Waals surface area contributed by atoms with Crippen LogP contribution in [0.25, 0.3) is 5.76 Å². The molecule has 1 fully saturated rings. The van der Waals surface area contributed by atoms with E-state index in [0.717, 1.165) is 4.90 Å². The summed E-state index contributed by atoms with van der Waals surface area (Å²) in [6.45, 7) is 1.63. The van der Waals surface area contributed by atoms with Gasteiger partial charge < -0.3 is 9.63 Å². The van der Waals surface area contributed by atoms with Crippen LogP contribution in [0.3, 0.4) is 0 Å². The van der Waals surface area contributed by atoms with Gasteiger partial charge in [0.05, 0.1) is 11.6 Å². The van der Waals surface area contributed by atoms with Crippen LogP contribution < -0.4 is 4.90 Å². The third-order valence-corrected chi connectivity index (χ3v) is 4.55. The van der Waals surface area contributed by atoms with Gasteiger partial charge in [-0.2, -0.15) is 0 Å². The number of benzene rings is 2. The SMILES string of the molecule is Cc1cc(N2C(=O)C(=O)C(=C(O)c3ccccc3)C2c2ccccc2F)no1. The molecule has 7 heteroatoms. The molecule has 1 unspecified atom stereocenters. The minimum Gasteiger partial charge on any atom is -0.507 e. The zero-order valence-corrected chi connectivity index (χ0v) is 14.8. The topological polar surface area (TPSA) is 83.6 Å². The number of amides is 1. The molecule has 1 N–H and O–H groups in total. The smallest absolute Gasteiger partial charge is 0.301 e. The van der Waals surface area contributed by atoms with Crippen molar-refractivity contribution in [3.8, 4) is 0 Å². The van der Waals surface area contributed by atoms with Crippen molar-refractivity contribution in [3.05, 3.63) is 88.9 Å². The number of hydrogen-bond acceptors (Lipinski definition) is 5. The molecule has 1 saturated heterocycles. The highest BCUT2D eigenvalue weighted by Gasteiger charge is 2.48. The van der Waals surface area contributed by atoms with Crippen LogP contribution >= 0.6 is 0 Å². The van der Waals surface area contributed by atoms with Crippen LogP contribution in [0.2, 0.25) is 0 Å². The molecule has 1 aromatic heterocycles. The molecule has 4 rings (SSSR count). The van der Waals surface area contributed by atoms with Crippen LogP contribution in [0.4, 0.5) is 10.2 Å². The Labute approximate surface area is 159 Å². The third-order valence-electron chi connectivity index (χ3n) is 4.55. The number of carbonyl (C=O) groups is 2. The van der Waals surface area contributed by atoms with Gasteiger partial charge in [0.25, 0.3) is 5.78 Å². The molecule has 6 nitrogen and oxygen atoms in total. The van der Waals surface area contributed by atoms with Gasteiger partial charge in [0.1, 0.15) is 17.3 Å². The standard InChI is InChI=1S/C21H15FN2O4/c1-12-11-16(23-28-12)24-18(14-9-5-6-10-15(14)22)17(20(26)21(24)27)19(25)13-7-3-2-4-8-13/h2-11,18,25H,1H3. The number of halogens is 1. The number of aromatic nitrogens is 1. The van der Waals surface area contributed by atoms with Gasteiger partial charge >= 0.3 is 5.91 Å². The molecule has 0 bridgehead atoms. The van der Waals surface area contributed by atoms with E-state index in [1.165, 1.54) is 24.3 Å². The lowest BCUT2D eigenvalue weighted by molar-refractivity contribution is -0.132. The molecule has 1 atom stereocenters. The largest absolute Gasteiger partial charge is 0.507 e. The molecule has 3 aromatic rings. The van der Waals surface area contributed by atoms with Gasteiger partial charge in [-0.15, -0.1) is 0 Å². The second-order valence-electron chi connectivity index (χ2n) is 6.35. The van der Waals surface area contributed by atoms with Crippen LogP contribution in [0.1, 0.15) is 22.9 Å². The fraction of sp³-hybridized carbons (Fsp3) is 0.0952. The maximum atomic E-state index is 14.6. The van der Waals surface area contributed by atoms with Gasteiger partial charge in [0, 0.05) is 17.2 Å². The maximum absolute atomic E-state index is 14.6. The Hall–Kier alpha value is -3.74. The van der Waals surface area contributed by atoms with Gasteiger partial charge in [-0.25, -0.2) is 4.39 Å². The molecule has 0 aliphatic carbocycles. The normalized spacial score (nSPS) is 18.6. The Morgan fingerprint density at radius 2 is 1.79 bits per heavy atom. The molecule has 0 radical (unpaired) electrons. The number of hydrogen-bond donors (Lipinski definition) is 1. The highest BCUT2D eigenvalue weighted by molar-refractivity contribution is 6.51. The van der Waals surface area contributed by atoms with Crippen LogP contribution in [-0.2, 0) is 9.59 Å². The zero-order valence-electron chi connectivity index (χ0n) is 14.8. The van der Waals surface area contributed by atoms with E-state index in [4.69, 9.17) is 4.52 Å². The van der Waals surface area contributed by atoms with Crippen molar-refractivity contribution in [2.24, 2.45) is 0 Å². The summed E-state index contributed by atoms with van der Waals surface area (Å²) in [5, 5.41) is 14.6. The number of rotatable bonds is 3. The van der Waals surface area contributed by atoms with Crippen molar-refractivity contribution in [1.82, 2.24) is 5.16 Å². The highest BCUT2D eigenvalue weighted by atomic mass is 19.1. The highest BCUT2D eigenvalue weighted by Crippen LogP contribution is 2.42. The van der Waals surface area contributed by atoms with Crippen molar-refractivity contribution in [2.45, 2.75) is 13.0 Å². The van der Waals surface area contributed by atoms with Gasteiger partial charge in [-0.05, 0) is 13.0 Å². The molecule has 2 heterocycles. The van der Waals surface area contributed by atoms with Crippen molar-refractivity contribution >= 4 is 23.3 Å². The predicted molar refractivity (Wildman–Crippen MR) is 98.9 cm³/mol. The predicted octanol–water partition coefficient (Wildman–Crippen LogP) is 3.75. The van der Waals surface area contributed by atoms with Crippen LogP contribution in [-0.4, -0.2) is 22.0 Å². The summed E-state index contributed by atoms with van der Waals surface area (Å²) in [7, 11) is 0. The van der Waals surface area contributed by atoms with E-state index in [-0.39, 0.29) is 22.7 Å². The number of ketones is 1. The van der Waals surface area contributed by atoms with Crippen molar-refractivity contribution < 1.29 is 23.6 Å². The second kappa shape index (κ2) is 6.77. The number of Topliss-reactive ketones (excluding diaryl/α,β-unsaturated/α-hetero) is 1. The van der Waals surface area contributed by atoms with E-state index in [2.05, 4.69) is 5.16 Å². The summed E-state index contributed by atoms with van der Waals surface area (Å²) in [6.07, 6.45) is 0. The van der Waals surface area contributed by atoms with Gasteiger partial charge in [-0.1, -0.05) is 53.7 Å². The molecule has 1 aliphatic rings. The van der Waals surface area contributed by atoms with Gasteiger partial charge in [-0.3, -0.25) is 14.5 Å². The second-order valence-corrected chi connectivity index (χ2v) is 6.35. The van der Waals surface area contributed by atoms with E-state index in [1.807, 2.05) is 0 Å². The monoisotopic (exact) mass is 378 g/mol. The molecule has 140 valence electrons. The molecule has 0 saturated carbocycles. The number of anilines is 1. The van der Waals surface area contributed by atoms with E-state index in [1.54, 1.807) is 43.3 Å². The lowest BCUT2D eigenvalue weighted by Crippen LogP contribution is -2.30. The lowest BCUT2D eigenvalue weighted by Gasteiger charge is -2.23. The van der Waals surface area contributed by atoms with E-state index in [0.29, 0.717) is 11.3 Å². The fourth-order valence-corrected chi connectivity index (χ4v) is 3.28. The van der Waals surface area contributed by atoms with Crippen LogP contribution in [0, 0.1) is 12.7 Å². The summed E-state index contributed by atoms with van der Waals surface area (Å²) < 4.78 is 19.7. The first-order valence-electron chi connectivity index (χ1n) is 8.53. The summed E-state index contributed by atoms with van der Waals surface area (Å²) in [6, 6.07) is 14.4. The Morgan fingerprint density at radius 1 is 1.11 bits per heavy atom. The number of nitrogens with zero attached hydrogens (tertiary/aromatic N) is 2. The maximum Gasteiger partial charge on any atom is 0.301 e. The Morgan fingerprint density at radius 3 is 2.43 bits per heavy atom. The number of carbonyl (C=O) groups excluding carboxylic acids is 2. The Balaban J connectivity index is 1.98. The summed E-state index contributed by atoms with van der Waals surface area (Å²) in [4.78, 5) is 26.6. The van der Waals surface area contributed by atoms with E-state index in [9.17, 15) is 19.1 Å². The molecule has 1 aliphatic heterocycles. The van der Waals surface area contributed by atoms with Crippen molar-refractivity contribution in [2.75, 3.05) is 4.90 Å². The Kier molecular flexibility index (Phi) is 4.27. The van der Waals surface area contributed by atoms with Crippen LogP contribution in [0.15, 0.2) is 70.8 Å². The lowest BCUT2D eigenvalue weighted by atomic mass is 9.95. The number of aliphatic hydroxyl groups is 1. The van der Waals surface area contributed by atoms with Crippen LogP contribution in [0.5, 0.6) is 0 Å². The first-order chi connectivity index (χ1) is 13.5. The van der Waals surface area contributed by atoms with Gasteiger partial charge in [0.15, 0.2) is 5.82 Å². The Bertz CT molecular complexity index is 1100. The number of aliphatic hydroxyl groups excluding tert-OH is 1. The minimum absolute atomic E-state index is 0.0693. The van der Waals surface area contributed by atoms with Crippen molar-refractivity contribution in [3.63, 3.8) is 0 Å². The molecule has 0 spiro atoms. The molecule has 2 aromatic carbocycles. The average Bonchev–Trinajstić information content (AvgIpc) is 3.23. The summed E-state index contributed by atoms with van der Waals surface area (Å²) in [5.74, 6) is -2.34. The van der Waals surface area contributed by atoms with Crippen molar-refractivity contribution in [1.29, 1.82) is 0 Å². The summed E-state index contributed by atoms with van der Waals surface area (Å²) >= 11 is 0. The number of aryl methyl sites for hydroxylation is 1. The molecule has 1 amide bonds. The van der Waals surface area contributed by atoms with Gasteiger partial charge in [0.2, 0.25) is 0 Å². The molecular weight excluding hydrogens is 363 g/mol. The molecule has 28 heavy (non-hydrogen) atoms. The van der Waals surface area contributed by atoms with E-state index >= 15 is 0 Å². The first kappa shape index (κ1) is 17.7.